The van der Waals surface area contributed by atoms with Gasteiger partial charge in [0, 0.05) is 28.0 Å². The van der Waals surface area contributed by atoms with Crippen molar-refractivity contribution in [3.05, 3.63) is 50.3 Å². The van der Waals surface area contributed by atoms with E-state index in [1.54, 1.807) is 12.1 Å². The lowest BCUT2D eigenvalue weighted by Crippen LogP contribution is -2.29. The van der Waals surface area contributed by atoms with E-state index in [-0.39, 0.29) is 18.3 Å². The lowest BCUT2D eigenvalue weighted by molar-refractivity contribution is 0.0600. The van der Waals surface area contributed by atoms with E-state index in [1.165, 1.54) is 18.4 Å². The predicted octanol–water partition coefficient (Wildman–Crippen LogP) is 4.35. The molecule has 0 aliphatic carbocycles. The van der Waals surface area contributed by atoms with Crippen LogP contribution in [0.1, 0.15) is 38.1 Å². The van der Waals surface area contributed by atoms with Gasteiger partial charge in [-0.1, -0.05) is 22.9 Å². The molecule has 3 rings (SSSR count). The number of nitrogens with one attached hydrogen (secondary N) is 1. The number of benzene rings is 1. The highest BCUT2D eigenvalue weighted by Crippen LogP contribution is 2.37. The number of likely N-dealkylation sites (N-methyl/N-ethyl adjacent to an activating group) is 1. The Morgan fingerprint density at radius 2 is 2.00 bits per heavy atom. The van der Waals surface area contributed by atoms with Crippen LogP contribution in [0.2, 0.25) is 0 Å². The third kappa shape index (κ3) is 4.28. The predicted molar refractivity (Wildman–Crippen MR) is 110 cm³/mol. The minimum atomic E-state index is -0.395. The number of hydrogen-bond donors (Lipinski definition) is 1. The quantitative estimate of drug-likeness (QED) is 0.691. The van der Waals surface area contributed by atoms with Crippen molar-refractivity contribution in [2.75, 3.05) is 25.5 Å². The Morgan fingerprint density at radius 1 is 1.31 bits per heavy atom. The Morgan fingerprint density at radius 3 is 2.62 bits per heavy atom. The molecule has 0 bridgehead atoms. The van der Waals surface area contributed by atoms with Crippen LogP contribution in [0.3, 0.4) is 0 Å². The van der Waals surface area contributed by atoms with Crippen LogP contribution in [0, 0.1) is 0 Å². The van der Waals surface area contributed by atoms with E-state index in [1.807, 2.05) is 12.1 Å². The smallest absolute Gasteiger partial charge is 0.341 e. The molecular formula is C18H20BrClN2O3S. The monoisotopic (exact) mass is 458 g/mol. The zero-order chi connectivity index (χ0) is 18.0. The number of carbonyl (C=O) groups excluding carboxylic acids is 2. The maximum absolute atomic E-state index is 12.5. The van der Waals surface area contributed by atoms with E-state index in [9.17, 15) is 9.59 Å². The Bertz CT molecular complexity index is 808. The van der Waals surface area contributed by atoms with Gasteiger partial charge in [-0.3, -0.25) is 9.69 Å². The highest BCUT2D eigenvalue weighted by Gasteiger charge is 2.29. The maximum atomic E-state index is 12.5. The van der Waals surface area contributed by atoms with E-state index in [2.05, 4.69) is 33.1 Å². The first-order valence-electron chi connectivity index (χ1n) is 8.05. The number of amides is 1. The molecule has 0 atom stereocenters. The molecule has 1 aromatic carbocycles. The lowest BCUT2D eigenvalue weighted by atomic mass is 10.0. The number of methoxy groups -OCH3 is 1. The summed E-state index contributed by atoms with van der Waals surface area (Å²) in [5.41, 5.74) is 2.05. The molecule has 8 heteroatoms. The average Bonchev–Trinajstić information content (AvgIpc) is 2.98. The van der Waals surface area contributed by atoms with Gasteiger partial charge < -0.3 is 10.1 Å². The molecule has 2 heterocycles. The lowest BCUT2D eigenvalue weighted by Gasteiger charge is -2.25. The number of anilines is 1. The highest BCUT2D eigenvalue weighted by molar-refractivity contribution is 9.10. The van der Waals surface area contributed by atoms with Crippen molar-refractivity contribution in [2.24, 2.45) is 0 Å². The summed E-state index contributed by atoms with van der Waals surface area (Å²) in [5, 5.41) is 3.47. The van der Waals surface area contributed by atoms with E-state index < -0.39 is 5.97 Å². The van der Waals surface area contributed by atoms with E-state index in [0.29, 0.717) is 16.1 Å². The molecule has 0 fully saturated rings. The maximum Gasteiger partial charge on any atom is 0.341 e. The molecule has 1 N–H and O–H groups in total. The van der Waals surface area contributed by atoms with Crippen LogP contribution >= 0.6 is 39.7 Å². The van der Waals surface area contributed by atoms with Gasteiger partial charge >= 0.3 is 5.97 Å². The molecule has 2 aromatic rings. The zero-order valence-corrected chi connectivity index (χ0v) is 17.7. The third-order valence-electron chi connectivity index (χ3n) is 4.31. The van der Waals surface area contributed by atoms with Gasteiger partial charge in [0.2, 0.25) is 0 Å². The van der Waals surface area contributed by atoms with Crippen LogP contribution < -0.4 is 5.32 Å². The topological polar surface area (TPSA) is 58.6 Å². The summed E-state index contributed by atoms with van der Waals surface area (Å²) in [5.74, 6) is -0.628. The summed E-state index contributed by atoms with van der Waals surface area (Å²) in [6, 6.07) is 7.11. The average molecular weight is 460 g/mol. The van der Waals surface area contributed by atoms with Crippen molar-refractivity contribution < 1.29 is 14.3 Å². The largest absolute Gasteiger partial charge is 0.465 e. The van der Waals surface area contributed by atoms with Crippen molar-refractivity contribution >= 4 is 56.6 Å². The first-order chi connectivity index (χ1) is 12.0. The van der Waals surface area contributed by atoms with Crippen LogP contribution in [-0.4, -0.2) is 37.0 Å². The van der Waals surface area contributed by atoms with Crippen molar-refractivity contribution in [3.63, 3.8) is 0 Å². The standard InChI is InChI=1S/C18H19BrN2O3S.ClH/c1-3-21-9-8-13-14(10-21)25-17(15(13)18(23)24-2)20-16(22)11-4-6-12(19)7-5-11;/h4-7H,3,8-10H2,1-2H3,(H,20,22);1H. The fourth-order valence-electron chi connectivity index (χ4n) is 2.91. The Balaban J connectivity index is 0.00000243. The summed E-state index contributed by atoms with van der Waals surface area (Å²) >= 11 is 4.82. The second-order valence-corrected chi connectivity index (χ2v) is 7.80. The van der Waals surface area contributed by atoms with Gasteiger partial charge in [0.1, 0.15) is 5.00 Å². The van der Waals surface area contributed by atoms with Crippen molar-refractivity contribution in [3.8, 4) is 0 Å². The normalized spacial score (nSPS) is 13.5. The summed E-state index contributed by atoms with van der Waals surface area (Å²) < 4.78 is 5.86. The number of esters is 1. The fourth-order valence-corrected chi connectivity index (χ4v) is 4.45. The molecular weight excluding hydrogens is 440 g/mol. The Kier molecular flexibility index (Phi) is 7.23. The number of rotatable bonds is 4. The molecule has 26 heavy (non-hydrogen) atoms. The molecule has 0 saturated heterocycles. The molecule has 0 unspecified atom stereocenters. The molecule has 0 radical (unpaired) electrons. The first-order valence-corrected chi connectivity index (χ1v) is 9.66. The van der Waals surface area contributed by atoms with Crippen LogP contribution in [0.4, 0.5) is 5.00 Å². The second kappa shape index (κ2) is 8.99. The van der Waals surface area contributed by atoms with Crippen molar-refractivity contribution in [1.29, 1.82) is 0 Å². The number of hydrogen-bond acceptors (Lipinski definition) is 5. The summed E-state index contributed by atoms with van der Waals surface area (Å²) in [4.78, 5) is 28.3. The molecule has 1 amide bonds. The number of thiophene rings is 1. The third-order valence-corrected chi connectivity index (χ3v) is 5.97. The first kappa shape index (κ1) is 20.9. The van der Waals surface area contributed by atoms with Gasteiger partial charge in [-0.25, -0.2) is 4.79 Å². The minimum Gasteiger partial charge on any atom is -0.465 e. The van der Waals surface area contributed by atoms with Crippen molar-refractivity contribution in [2.45, 2.75) is 19.9 Å². The summed E-state index contributed by atoms with van der Waals surface area (Å²) in [6.45, 7) is 4.79. The van der Waals surface area contributed by atoms with E-state index >= 15 is 0 Å². The number of halogens is 2. The van der Waals surface area contributed by atoms with Gasteiger partial charge in [0.05, 0.1) is 12.7 Å². The molecule has 1 aliphatic rings. The zero-order valence-electron chi connectivity index (χ0n) is 14.5. The molecule has 0 spiro atoms. The van der Waals surface area contributed by atoms with Gasteiger partial charge in [-0.2, -0.15) is 0 Å². The fraction of sp³-hybridized carbons (Fsp3) is 0.333. The van der Waals surface area contributed by atoms with Crippen molar-refractivity contribution in [1.82, 2.24) is 4.90 Å². The van der Waals surface area contributed by atoms with Crippen LogP contribution in [0.5, 0.6) is 0 Å². The van der Waals surface area contributed by atoms with Gasteiger partial charge in [0.15, 0.2) is 0 Å². The van der Waals surface area contributed by atoms with Crippen LogP contribution in [-0.2, 0) is 17.7 Å². The van der Waals surface area contributed by atoms with E-state index in [0.717, 1.165) is 41.0 Å². The number of ether oxygens (including phenoxy) is 1. The SMILES string of the molecule is CCN1CCc2c(sc(NC(=O)c3ccc(Br)cc3)c2C(=O)OC)C1.Cl. The minimum absolute atomic E-state index is 0. The van der Waals surface area contributed by atoms with Gasteiger partial charge in [0.25, 0.3) is 5.91 Å². The molecule has 0 saturated carbocycles. The summed E-state index contributed by atoms with van der Waals surface area (Å²) in [7, 11) is 1.37. The Labute approximate surface area is 171 Å². The number of carbonyl (C=O) groups is 2. The molecule has 1 aromatic heterocycles. The molecule has 5 nitrogen and oxygen atoms in total. The number of fused-ring (bicyclic) bond motifs is 1. The molecule has 1 aliphatic heterocycles. The Hall–Kier alpha value is -1.41. The highest BCUT2D eigenvalue weighted by atomic mass is 79.9. The second-order valence-electron chi connectivity index (χ2n) is 5.78. The van der Waals surface area contributed by atoms with Crippen LogP contribution in [0.15, 0.2) is 28.7 Å². The van der Waals surface area contributed by atoms with E-state index in [4.69, 9.17) is 4.74 Å². The van der Waals surface area contributed by atoms with Gasteiger partial charge in [-0.15, -0.1) is 23.7 Å². The molecule has 140 valence electrons. The van der Waals surface area contributed by atoms with Gasteiger partial charge in [-0.05, 0) is 42.8 Å². The van der Waals surface area contributed by atoms with Crippen LogP contribution in [0.25, 0.3) is 0 Å². The number of nitrogens with zero attached hydrogens (tertiary/aromatic N) is 1. The summed E-state index contributed by atoms with van der Waals surface area (Å²) in [6.07, 6.45) is 0.790.